The Morgan fingerprint density at radius 2 is 2.09 bits per heavy atom. The third kappa shape index (κ3) is 4.08. The van der Waals surface area contributed by atoms with Crippen molar-refractivity contribution in [1.82, 2.24) is 4.90 Å². The number of carbonyl (C=O) groups excluding carboxylic acids is 1. The number of benzene rings is 1. The van der Waals surface area contributed by atoms with Crippen LogP contribution in [0.15, 0.2) is 18.2 Å². The maximum atomic E-state index is 13.2. The van der Waals surface area contributed by atoms with Gasteiger partial charge in [-0.25, -0.2) is 4.39 Å². The van der Waals surface area contributed by atoms with Crippen molar-refractivity contribution in [2.24, 2.45) is 5.73 Å². The van der Waals surface area contributed by atoms with Crippen molar-refractivity contribution in [2.45, 2.75) is 12.3 Å². The molecule has 1 fully saturated rings. The van der Waals surface area contributed by atoms with E-state index in [4.69, 9.17) is 10.5 Å². The summed E-state index contributed by atoms with van der Waals surface area (Å²) >= 11 is 0. The number of hydrogen-bond acceptors (Lipinski definition) is 3. The Hall–Kier alpha value is -1.38. The van der Waals surface area contributed by atoms with E-state index in [-0.39, 0.29) is 50.3 Å². The quantitative estimate of drug-likeness (QED) is 0.837. The molecule has 0 bridgehead atoms. The molecule has 22 heavy (non-hydrogen) atoms. The highest BCUT2D eigenvalue weighted by atomic mass is 35.5. The molecule has 0 aromatic heterocycles. The van der Waals surface area contributed by atoms with Gasteiger partial charge in [0, 0.05) is 25.2 Å². The van der Waals surface area contributed by atoms with Gasteiger partial charge >= 0.3 is 6.18 Å². The molecular weight excluding hydrogens is 328 g/mol. The van der Waals surface area contributed by atoms with E-state index in [2.05, 4.69) is 0 Å². The minimum absolute atomic E-state index is 0. The number of halogens is 5. The Balaban J connectivity index is 0.00000242. The fourth-order valence-corrected chi connectivity index (χ4v) is 2.10. The summed E-state index contributed by atoms with van der Waals surface area (Å²) in [7, 11) is 0. The van der Waals surface area contributed by atoms with E-state index in [1.54, 1.807) is 0 Å². The molecule has 0 spiro atoms. The van der Waals surface area contributed by atoms with Crippen LogP contribution >= 0.6 is 12.4 Å². The smallest absolute Gasteiger partial charge is 0.373 e. The lowest BCUT2D eigenvalue weighted by Crippen LogP contribution is -2.48. The van der Waals surface area contributed by atoms with Crippen molar-refractivity contribution in [1.29, 1.82) is 0 Å². The standard InChI is InChI=1S/C13H14F4N2O2.ClH/c14-11-2-1-8(5-10(11)13(15,16)17)12(20)19-3-4-21-9(6-18)7-19;/h1-2,5,9H,3-4,6-7,18H2;1H. The average molecular weight is 343 g/mol. The minimum Gasteiger partial charge on any atom is -0.373 e. The fraction of sp³-hybridized carbons (Fsp3) is 0.462. The van der Waals surface area contributed by atoms with Crippen molar-refractivity contribution in [3.05, 3.63) is 35.1 Å². The maximum absolute atomic E-state index is 13.2. The molecule has 9 heteroatoms. The number of nitrogens with zero attached hydrogens (tertiary/aromatic N) is 1. The Labute approximate surface area is 130 Å². The number of morpholine rings is 1. The first-order chi connectivity index (χ1) is 9.82. The third-order valence-electron chi connectivity index (χ3n) is 3.21. The molecule has 4 nitrogen and oxygen atoms in total. The highest BCUT2D eigenvalue weighted by molar-refractivity contribution is 5.94. The summed E-state index contributed by atoms with van der Waals surface area (Å²) in [5.41, 5.74) is 3.79. The van der Waals surface area contributed by atoms with Gasteiger partial charge in [-0.15, -0.1) is 12.4 Å². The van der Waals surface area contributed by atoms with Crippen LogP contribution in [-0.2, 0) is 10.9 Å². The second kappa shape index (κ2) is 7.26. The van der Waals surface area contributed by atoms with Gasteiger partial charge in [0.05, 0.1) is 18.3 Å². The summed E-state index contributed by atoms with van der Waals surface area (Å²) in [5, 5.41) is 0. The molecule has 1 amide bonds. The first kappa shape index (κ1) is 18.7. The Morgan fingerprint density at radius 1 is 1.41 bits per heavy atom. The van der Waals surface area contributed by atoms with Gasteiger partial charge in [-0.05, 0) is 18.2 Å². The molecule has 1 heterocycles. The maximum Gasteiger partial charge on any atom is 0.419 e. The predicted molar refractivity (Wildman–Crippen MR) is 73.3 cm³/mol. The van der Waals surface area contributed by atoms with E-state index in [0.29, 0.717) is 12.1 Å². The zero-order chi connectivity index (χ0) is 15.6. The van der Waals surface area contributed by atoms with Gasteiger partial charge in [0.15, 0.2) is 0 Å². The van der Waals surface area contributed by atoms with Gasteiger partial charge in [-0.1, -0.05) is 0 Å². The molecule has 2 N–H and O–H groups in total. The summed E-state index contributed by atoms with van der Waals surface area (Å²) in [5.74, 6) is -2.00. The molecule has 2 rings (SSSR count). The zero-order valence-corrected chi connectivity index (χ0v) is 12.2. The molecular formula is C13H15ClF4N2O2. The third-order valence-corrected chi connectivity index (χ3v) is 3.21. The minimum atomic E-state index is -4.84. The van der Waals surface area contributed by atoms with Crippen LogP contribution in [0.1, 0.15) is 15.9 Å². The number of nitrogens with two attached hydrogens (primary N) is 1. The molecule has 1 atom stereocenters. The SMILES string of the molecule is Cl.NCC1CN(C(=O)c2ccc(F)c(C(F)(F)F)c2)CCO1. The van der Waals surface area contributed by atoms with Gasteiger partial charge in [0.2, 0.25) is 0 Å². The lowest BCUT2D eigenvalue weighted by atomic mass is 10.1. The Morgan fingerprint density at radius 3 is 2.68 bits per heavy atom. The van der Waals surface area contributed by atoms with Crippen molar-refractivity contribution < 1.29 is 27.1 Å². The van der Waals surface area contributed by atoms with Gasteiger partial charge in [-0.3, -0.25) is 4.79 Å². The molecule has 1 aliphatic rings. The van der Waals surface area contributed by atoms with Crippen LogP contribution in [-0.4, -0.2) is 43.2 Å². The van der Waals surface area contributed by atoms with Crippen LogP contribution in [0.3, 0.4) is 0 Å². The lowest BCUT2D eigenvalue weighted by molar-refractivity contribution is -0.140. The predicted octanol–water partition coefficient (Wildman–Crippen LogP) is 2.07. The van der Waals surface area contributed by atoms with Crippen molar-refractivity contribution in [3.63, 3.8) is 0 Å². The first-order valence-corrected chi connectivity index (χ1v) is 6.30. The van der Waals surface area contributed by atoms with Crippen molar-refractivity contribution in [2.75, 3.05) is 26.2 Å². The number of ether oxygens (including phenoxy) is 1. The van der Waals surface area contributed by atoms with Crippen LogP contribution in [0, 0.1) is 5.82 Å². The van der Waals surface area contributed by atoms with Crippen LogP contribution in [0.5, 0.6) is 0 Å². The van der Waals surface area contributed by atoms with Crippen LogP contribution < -0.4 is 5.73 Å². The largest absolute Gasteiger partial charge is 0.419 e. The summed E-state index contributed by atoms with van der Waals surface area (Å²) < 4.78 is 56.4. The van der Waals surface area contributed by atoms with Crippen LogP contribution in [0.2, 0.25) is 0 Å². The number of hydrogen-bond donors (Lipinski definition) is 1. The Bertz CT molecular complexity index is 539. The summed E-state index contributed by atoms with van der Waals surface area (Å²) in [6, 6.07) is 2.22. The van der Waals surface area contributed by atoms with Gasteiger partial charge in [0.25, 0.3) is 5.91 Å². The number of carbonyl (C=O) groups is 1. The van der Waals surface area contributed by atoms with Gasteiger partial charge < -0.3 is 15.4 Å². The zero-order valence-electron chi connectivity index (χ0n) is 11.4. The summed E-state index contributed by atoms with van der Waals surface area (Å²) in [6.45, 7) is 0.935. The molecule has 1 aromatic rings. The average Bonchev–Trinajstić information content (AvgIpc) is 2.46. The number of amides is 1. The van der Waals surface area contributed by atoms with Gasteiger partial charge in [-0.2, -0.15) is 13.2 Å². The van der Waals surface area contributed by atoms with Crippen molar-refractivity contribution in [3.8, 4) is 0 Å². The van der Waals surface area contributed by atoms with E-state index in [1.165, 1.54) is 4.90 Å². The second-order valence-electron chi connectivity index (χ2n) is 4.67. The van der Waals surface area contributed by atoms with E-state index >= 15 is 0 Å². The molecule has 1 unspecified atom stereocenters. The Kier molecular flexibility index (Phi) is 6.16. The number of rotatable bonds is 2. The molecule has 124 valence electrons. The molecule has 0 saturated carbocycles. The van der Waals surface area contributed by atoms with Crippen LogP contribution in [0.4, 0.5) is 17.6 Å². The van der Waals surface area contributed by atoms with E-state index in [0.717, 1.165) is 6.07 Å². The normalized spacial score (nSPS) is 18.8. The topological polar surface area (TPSA) is 55.6 Å². The van der Waals surface area contributed by atoms with E-state index in [9.17, 15) is 22.4 Å². The number of alkyl halides is 3. The molecule has 0 aliphatic carbocycles. The van der Waals surface area contributed by atoms with Gasteiger partial charge in [0.1, 0.15) is 5.82 Å². The lowest BCUT2D eigenvalue weighted by Gasteiger charge is -2.32. The molecule has 1 aromatic carbocycles. The fourth-order valence-electron chi connectivity index (χ4n) is 2.10. The van der Waals surface area contributed by atoms with Crippen LogP contribution in [0.25, 0.3) is 0 Å². The summed E-state index contributed by atoms with van der Waals surface area (Å²) in [4.78, 5) is 13.5. The molecule has 1 aliphatic heterocycles. The first-order valence-electron chi connectivity index (χ1n) is 6.30. The van der Waals surface area contributed by atoms with E-state index in [1.807, 2.05) is 0 Å². The molecule has 0 radical (unpaired) electrons. The molecule has 1 saturated heterocycles. The second-order valence-corrected chi connectivity index (χ2v) is 4.67. The highest BCUT2D eigenvalue weighted by Gasteiger charge is 2.35. The highest BCUT2D eigenvalue weighted by Crippen LogP contribution is 2.32. The monoisotopic (exact) mass is 342 g/mol. The van der Waals surface area contributed by atoms with E-state index < -0.39 is 23.5 Å². The van der Waals surface area contributed by atoms with Crippen molar-refractivity contribution >= 4 is 18.3 Å². The summed E-state index contributed by atoms with van der Waals surface area (Å²) in [6.07, 6.45) is -5.18.